The maximum Gasteiger partial charge on any atom is 1.00 e. The van der Waals surface area contributed by atoms with Crippen LogP contribution in [-0.2, 0) is 14.4 Å². The molecule has 12 heteroatoms. The fourth-order valence-corrected chi connectivity index (χ4v) is 1.31. The Balaban J connectivity index is -0.000000540. The van der Waals surface area contributed by atoms with Crippen LogP contribution in [0.2, 0.25) is 0 Å². The van der Waals surface area contributed by atoms with Crippen molar-refractivity contribution in [2.75, 3.05) is 45.8 Å². The summed E-state index contributed by atoms with van der Waals surface area (Å²) in [5.74, 6) is -3.76. The Morgan fingerprint density at radius 3 is 1.36 bits per heavy atom. The molecule has 0 aromatic rings. The van der Waals surface area contributed by atoms with E-state index >= 15 is 0 Å². The first-order chi connectivity index (χ1) is 8.91. The number of carboxylic acid groups (broad SMARTS) is 3. The fraction of sp³-hybridized carbons (Fsp3) is 0.700. The number of carbonyl (C=O) groups excluding carboxylic acids is 3. The SMILES string of the molecule is O=C([O-])CNCCN(CCNCC(=O)[O-])CC(=O)[O-].[K+].[K+].[K+]. The molecule has 0 heterocycles. The third kappa shape index (κ3) is 25.4. The van der Waals surface area contributed by atoms with Crippen molar-refractivity contribution in [3.05, 3.63) is 0 Å². The van der Waals surface area contributed by atoms with Gasteiger partial charge in [-0.1, -0.05) is 0 Å². The minimum absolute atomic E-state index is 0. The van der Waals surface area contributed by atoms with Crippen LogP contribution in [0.1, 0.15) is 0 Å². The Hall–Kier alpha value is 3.20. The first-order valence-corrected chi connectivity index (χ1v) is 5.65. The molecule has 0 radical (unpaired) electrons. The van der Waals surface area contributed by atoms with Gasteiger partial charge in [-0.25, -0.2) is 0 Å². The molecule has 9 nitrogen and oxygen atoms in total. The van der Waals surface area contributed by atoms with Crippen LogP contribution in [0.5, 0.6) is 0 Å². The normalized spacial score (nSPS) is 9.14. The first-order valence-electron chi connectivity index (χ1n) is 5.65. The summed E-state index contributed by atoms with van der Waals surface area (Å²) in [4.78, 5) is 32.2. The van der Waals surface area contributed by atoms with Gasteiger partial charge in [0, 0.05) is 45.8 Å². The molecule has 0 saturated heterocycles. The van der Waals surface area contributed by atoms with Crippen molar-refractivity contribution < 1.29 is 184 Å². The van der Waals surface area contributed by atoms with Crippen molar-refractivity contribution in [2.24, 2.45) is 0 Å². The molecule has 22 heavy (non-hydrogen) atoms. The van der Waals surface area contributed by atoms with Gasteiger partial charge in [-0.2, -0.15) is 0 Å². The van der Waals surface area contributed by atoms with E-state index in [0.717, 1.165) is 0 Å². The zero-order valence-corrected chi connectivity index (χ0v) is 22.7. The zero-order valence-electron chi connectivity index (χ0n) is 13.3. The van der Waals surface area contributed by atoms with Crippen LogP contribution in [0.3, 0.4) is 0 Å². The average molecular weight is 392 g/mol. The van der Waals surface area contributed by atoms with Gasteiger partial charge >= 0.3 is 154 Å². The van der Waals surface area contributed by atoms with Crippen LogP contribution in [0.4, 0.5) is 0 Å². The van der Waals surface area contributed by atoms with E-state index < -0.39 is 17.9 Å². The van der Waals surface area contributed by atoms with Gasteiger partial charge in [-0.05, 0) is 0 Å². The van der Waals surface area contributed by atoms with Crippen molar-refractivity contribution in [1.29, 1.82) is 0 Å². The molecule has 0 unspecified atom stereocenters. The minimum Gasteiger partial charge on any atom is -0.549 e. The molecule has 2 N–H and O–H groups in total. The van der Waals surface area contributed by atoms with Crippen molar-refractivity contribution in [2.45, 2.75) is 0 Å². The molecule has 0 amide bonds. The summed E-state index contributed by atoms with van der Waals surface area (Å²) >= 11 is 0. The molecule has 0 aromatic carbocycles. The Morgan fingerprint density at radius 1 is 0.727 bits per heavy atom. The molecule has 0 fully saturated rings. The third-order valence-electron chi connectivity index (χ3n) is 2.10. The maximum absolute atomic E-state index is 10.5. The summed E-state index contributed by atoms with van der Waals surface area (Å²) in [5.41, 5.74) is 0. The molecule has 0 aliphatic carbocycles. The van der Waals surface area contributed by atoms with E-state index in [1.54, 1.807) is 0 Å². The molecule has 0 bridgehead atoms. The van der Waals surface area contributed by atoms with Crippen LogP contribution < -0.4 is 180 Å². The number of rotatable bonds is 12. The van der Waals surface area contributed by atoms with E-state index in [9.17, 15) is 29.7 Å². The average Bonchev–Trinajstić information content (AvgIpc) is 2.28. The second-order valence-electron chi connectivity index (χ2n) is 3.75. The number of nitrogens with zero attached hydrogens (tertiary/aromatic N) is 1. The summed E-state index contributed by atoms with van der Waals surface area (Å²) in [5, 5.41) is 35.9. The van der Waals surface area contributed by atoms with Crippen LogP contribution in [0, 0.1) is 0 Å². The number of nitrogens with one attached hydrogen (secondary N) is 2. The smallest absolute Gasteiger partial charge is 0.549 e. The summed E-state index contributed by atoms with van der Waals surface area (Å²) in [7, 11) is 0. The van der Waals surface area contributed by atoms with Crippen molar-refractivity contribution >= 4 is 17.9 Å². The predicted octanol–water partition coefficient (Wildman–Crippen LogP) is -15.3. The molecule has 0 rings (SSSR count). The summed E-state index contributed by atoms with van der Waals surface area (Å²) in [6.45, 7) is 0.149. The Labute approximate surface area is 257 Å². The van der Waals surface area contributed by atoms with E-state index in [4.69, 9.17) is 0 Å². The zero-order chi connectivity index (χ0) is 14.7. The molecule has 0 aliphatic heterocycles. The molecular weight excluding hydrogens is 375 g/mol. The monoisotopic (exact) mass is 391 g/mol. The summed E-state index contributed by atoms with van der Waals surface area (Å²) in [6, 6.07) is 0. The Bertz CT molecular complexity index is 300. The summed E-state index contributed by atoms with van der Waals surface area (Å²) < 4.78 is 0. The van der Waals surface area contributed by atoms with Gasteiger partial charge in [-0.3, -0.25) is 4.90 Å². The van der Waals surface area contributed by atoms with E-state index in [0.29, 0.717) is 0 Å². The van der Waals surface area contributed by atoms with Gasteiger partial charge < -0.3 is 40.3 Å². The molecule has 0 atom stereocenters. The quantitative estimate of drug-likeness (QED) is 0.244. The number of carbonyl (C=O) groups is 3. The topological polar surface area (TPSA) is 148 Å². The fourth-order valence-electron chi connectivity index (χ4n) is 1.31. The van der Waals surface area contributed by atoms with Crippen molar-refractivity contribution in [3.63, 3.8) is 0 Å². The van der Waals surface area contributed by atoms with E-state index in [1.165, 1.54) is 4.90 Å². The Morgan fingerprint density at radius 2 is 1.09 bits per heavy atom. The van der Waals surface area contributed by atoms with Gasteiger partial charge in [0.2, 0.25) is 0 Å². The Kier molecular flexibility index (Phi) is 33.2. The van der Waals surface area contributed by atoms with Gasteiger partial charge in [0.25, 0.3) is 0 Å². The molecule has 0 saturated carbocycles. The van der Waals surface area contributed by atoms with Crippen LogP contribution in [-0.4, -0.2) is 68.6 Å². The van der Waals surface area contributed by atoms with Gasteiger partial charge in [-0.15, -0.1) is 0 Å². The van der Waals surface area contributed by atoms with E-state index in [2.05, 4.69) is 10.6 Å². The van der Waals surface area contributed by atoms with Crippen LogP contribution in [0.15, 0.2) is 0 Å². The number of hydrogen-bond donors (Lipinski definition) is 2. The largest absolute Gasteiger partial charge is 1.00 e. The van der Waals surface area contributed by atoms with Gasteiger partial charge in [0.05, 0.1) is 17.9 Å². The van der Waals surface area contributed by atoms with Crippen molar-refractivity contribution in [1.82, 2.24) is 15.5 Å². The van der Waals surface area contributed by atoms with Gasteiger partial charge in [0.1, 0.15) is 0 Å². The molecule has 0 aliphatic rings. The molecule has 0 spiro atoms. The van der Waals surface area contributed by atoms with Gasteiger partial charge in [0.15, 0.2) is 0 Å². The second-order valence-corrected chi connectivity index (χ2v) is 3.75. The first kappa shape index (κ1) is 32.8. The predicted molar refractivity (Wildman–Crippen MR) is 57.2 cm³/mol. The van der Waals surface area contributed by atoms with E-state index in [-0.39, 0.29) is 200 Å². The van der Waals surface area contributed by atoms with Crippen LogP contribution in [0.25, 0.3) is 0 Å². The van der Waals surface area contributed by atoms with E-state index in [1.807, 2.05) is 0 Å². The third-order valence-corrected chi connectivity index (χ3v) is 2.10. The molecular formula is C10H16K3N3O6. The van der Waals surface area contributed by atoms with Crippen molar-refractivity contribution in [3.8, 4) is 0 Å². The second kappa shape index (κ2) is 22.2. The van der Waals surface area contributed by atoms with Crippen LogP contribution >= 0.6 is 0 Å². The standard InChI is InChI=1S/C10H19N3O6.3K/c14-8(15)5-11-1-3-13(7-10(18)19)4-2-12-6-9(16)17;;;/h11-12H,1-7H2,(H,14,15)(H,16,17)(H,18,19);;;/q;3*+1/p-3. The number of carboxylic acids is 3. The number of aliphatic carboxylic acids is 3. The maximum atomic E-state index is 10.5. The number of hydrogen-bond acceptors (Lipinski definition) is 9. The summed E-state index contributed by atoms with van der Waals surface area (Å²) in [6.07, 6.45) is 0. The molecule has 110 valence electrons. The minimum atomic E-state index is -1.26. The molecule has 0 aromatic heterocycles.